The van der Waals surface area contributed by atoms with Gasteiger partial charge >= 0.3 is 0 Å². The predicted octanol–water partition coefficient (Wildman–Crippen LogP) is 3.11. The molecule has 3 aromatic rings. The fourth-order valence-electron chi connectivity index (χ4n) is 4.15. The summed E-state index contributed by atoms with van der Waals surface area (Å²) in [6, 6.07) is 14.5. The van der Waals surface area contributed by atoms with Crippen LogP contribution in [0, 0.1) is 0 Å². The number of nitrogens with one attached hydrogen (secondary N) is 1. The molecule has 7 nitrogen and oxygen atoms in total. The van der Waals surface area contributed by atoms with Crippen LogP contribution in [0.25, 0.3) is 0 Å². The van der Waals surface area contributed by atoms with Crippen LogP contribution in [-0.2, 0) is 21.2 Å². The lowest BCUT2D eigenvalue weighted by Gasteiger charge is -2.26. The molecule has 1 aromatic heterocycles. The predicted molar refractivity (Wildman–Crippen MR) is 118 cm³/mol. The molecule has 1 amide bonds. The number of hydrogen-bond donors (Lipinski definition) is 1. The van der Waals surface area contributed by atoms with E-state index in [0.29, 0.717) is 17.4 Å². The molecule has 3 heterocycles. The first-order valence-electron chi connectivity index (χ1n) is 9.71. The summed E-state index contributed by atoms with van der Waals surface area (Å²) in [6.07, 6.45) is 3.25. The standard InChI is InChI=1S/C21H20N4O3S2/c26-20-19(25-12-9-15-3-1-2-4-18(15)25)10-13-24(20)16-5-7-17(8-6-16)30(27,28)23-21-22-11-14-29-21/h1-8,11,14,19H,9-10,12-13H2,(H,22,23). The molecular formula is C21H20N4O3S2. The summed E-state index contributed by atoms with van der Waals surface area (Å²) in [6.45, 7) is 1.47. The highest BCUT2D eigenvalue weighted by atomic mass is 32.2. The molecule has 2 aromatic carbocycles. The van der Waals surface area contributed by atoms with E-state index in [1.165, 1.54) is 29.0 Å². The zero-order valence-corrected chi connectivity index (χ0v) is 17.7. The first-order valence-corrected chi connectivity index (χ1v) is 12.1. The number of carbonyl (C=O) groups is 1. The molecule has 1 fully saturated rings. The Labute approximate surface area is 179 Å². The zero-order valence-electron chi connectivity index (χ0n) is 16.1. The van der Waals surface area contributed by atoms with Crippen LogP contribution in [0.1, 0.15) is 12.0 Å². The summed E-state index contributed by atoms with van der Waals surface area (Å²) in [7, 11) is -3.71. The van der Waals surface area contributed by atoms with Crippen molar-refractivity contribution in [1.29, 1.82) is 0 Å². The number of rotatable bonds is 5. The highest BCUT2D eigenvalue weighted by Gasteiger charge is 2.39. The van der Waals surface area contributed by atoms with Crippen LogP contribution >= 0.6 is 11.3 Å². The lowest BCUT2D eigenvalue weighted by molar-refractivity contribution is -0.118. The Morgan fingerprint density at radius 3 is 2.63 bits per heavy atom. The van der Waals surface area contributed by atoms with E-state index in [4.69, 9.17) is 0 Å². The number of anilines is 3. The quantitative estimate of drug-likeness (QED) is 0.659. The molecule has 2 aliphatic rings. The van der Waals surface area contributed by atoms with Gasteiger partial charge in [-0.15, -0.1) is 11.3 Å². The SMILES string of the molecule is O=C1C(N2CCc3ccccc32)CCN1c1ccc(S(=O)(=O)Nc2nccs2)cc1. The molecule has 30 heavy (non-hydrogen) atoms. The second kappa shape index (κ2) is 7.41. The van der Waals surface area contributed by atoms with Gasteiger partial charge in [-0.05, 0) is 48.7 Å². The number of para-hydroxylation sites is 1. The van der Waals surface area contributed by atoms with E-state index in [9.17, 15) is 13.2 Å². The Bertz CT molecular complexity index is 1180. The summed E-state index contributed by atoms with van der Waals surface area (Å²) in [4.78, 5) is 21.2. The third-order valence-corrected chi connectivity index (χ3v) is 7.76. The summed E-state index contributed by atoms with van der Waals surface area (Å²) in [5.41, 5.74) is 3.14. The fraction of sp³-hybridized carbons (Fsp3) is 0.238. The Kier molecular flexibility index (Phi) is 4.71. The molecule has 9 heteroatoms. The van der Waals surface area contributed by atoms with Crippen LogP contribution in [0.15, 0.2) is 65.0 Å². The lowest BCUT2D eigenvalue weighted by Crippen LogP contribution is -2.41. The van der Waals surface area contributed by atoms with Gasteiger partial charge in [-0.2, -0.15) is 0 Å². The van der Waals surface area contributed by atoms with Gasteiger partial charge in [-0.3, -0.25) is 9.52 Å². The first kappa shape index (κ1) is 19.1. The number of hydrogen-bond acceptors (Lipinski definition) is 6. The number of carbonyl (C=O) groups excluding carboxylic acids is 1. The Hall–Kier alpha value is -2.91. The Morgan fingerprint density at radius 2 is 1.87 bits per heavy atom. The number of fused-ring (bicyclic) bond motifs is 1. The van der Waals surface area contributed by atoms with E-state index < -0.39 is 10.0 Å². The topological polar surface area (TPSA) is 82.6 Å². The molecule has 0 aliphatic carbocycles. The van der Waals surface area contributed by atoms with E-state index in [-0.39, 0.29) is 16.8 Å². The molecule has 154 valence electrons. The van der Waals surface area contributed by atoms with Gasteiger partial charge in [0.1, 0.15) is 6.04 Å². The van der Waals surface area contributed by atoms with Gasteiger partial charge in [0, 0.05) is 36.0 Å². The Balaban J connectivity index is 1.33. The van der Waals surface area contributed by atoms with Crippen molar-refractivity contribution >= 4 is 43.8 Å². The molecule has 5 rings (SSSR count). The van der Waals surface area contributed by atoms with E-state index in [2.05, 4.69) is 26.7 Å². The molecule has 1 saturated heterocycles. The molecule has 1 unspecified atom stereocenters. The second-order valence-corrected chi connectivity index (χ2v) is 9.88. The summed E-state index contributed by atoms with van der Waals surface area (Å²) >= 11 is 1.22. The van der Waals surface area contributed by atoms with Gasteiger partial charge in [0.15, 0.2) is 5.13 Å². The first-order chi connectivity index (χ1) is 14.5. The lowest BCUT2D eigenvalue weighted by atomic mass is 10.1. The zero-order chi connectivity index (χ0) is 20.7. The molecule has 0 saturated carbocycles. The molecule has 2 aliphatic heterocycles. The average Bonchev–Trinajstić information content (AvgIpc) is 3.48. The Morgan fingerprint density at radius 1 is 1.07 bits per heavy atom. The van der Waals surface area contributed by atoms with Gasteiger partial charge in [-0.25, -0.2) is 13.4 Å². The van der Waals surface area contributed by atoms with Gasteiger partial charge < -0.3 is 9.80 Å². The van der Waals surface area contributed by atoms with Crippen molar-refractivity contribution < 1.29 is 13.2 Å². The normalized spacial score (nSPS) is 18.7. The minimum Gasteiger partial charge on any atom is -0.359 e. The molecular weight excluding hydrogens is 420 g/mol. The monoisotopic (exact) mass is 440 g/mol. The van der Waals surface area contributed by atoms with Gasteiger partial charge in [-0.1, -0.05) is 18.2 Å². The average molecular weight is 441 g/mol. The molecule has 0 spiro atoms. The number of benzene rings is 2. The molecule has 0 bridgehead atoms. The van der Waals surface area contributed by atoms with Gasteiger partial charge in [0.2, 0.25) is 5.91 Å². The number of thiazole rings is 1. The van der Waals surface area contributed by atoms with Crippen LogP contribution < -0.4 is 14.5 Å². The minimum absolute atomic E-state index is 0.0585. The molecule has 1 atom stereocenters. The van der Waals surface area contributed by atoms with Crippen molar-refractivity contribution in [3.63, 3.8) is 0 Å². The van der Waals surface area contributed by atoms with Crippen molar-refractivity contribution in [3.8, 4) is 0 Å². The van der Waals surface area contributed by atoms with Crippen LogP contribution in [0.5, 0.6) is 0 Å². The van der Waals surface area contributed by atoms with Gasteiger partial charge in [0.25, 0.3) is 10.0 Å². The smallest absolute Gasteiger partial charge is 0.263 e. The number of aromatic nitrogens is 1. The van der Waals surface area contributed by atoms with E-state index >= 15 is 0 Å². The van der Waals surface area contributed by atoms with Crippen molar-refractivity contribution in [3.05, 3.63) is 65.7 Å². The van der Waals surface area contributed by atoms with Crippen molar-refractivity contribution in [2.24, 2.45) is 0 Å². The van der Waals surface area contributed by atoms with E-state index in [1.807, 2.05) is 12.1 Å². The molecule has 0 radical (unpaired) electrons. The van der Waals surface area contributed by atoms with E-state index in [0.717, 1.165) is 25.1 Å². The van der Waals surface area contributed by atoms with E-state index in [1.54, 1.807) is 28.6 Å². The molecule has 1 N–H and O–H groups in total. The van der Waals surface area contributed by atoms with Gasteiger partial charge in [0.05, 0.1) is 4.90 Å². The number of sulfonamides is 1. The maximum absolute atomic E-state index is 13.1. The minimum atomic E-state index is -3.71. The summed E-state index contributed by atoms with van der Waals surface area (Å²) in [5, 5.41) is 2.03. The third kappa shape index (κ3) is 3.33. The van der Waals surface area contributed by atoms with Crippen LogP contribution in [0.2, 0.25) is 0 Å². The third-order valence-electron chi connectivity index (χ3n) is 5.59. The highest BCUT2D eigenvalue weighted by Crippen LogP contribution is 2.34. The summed E-state index contributed by atoms with van der Waals surface area (Å²) in [5.74, 6) is 0.0585. The second-order valence-electron chi connectivity index (χ2n) is 7.30. The van der Waals surface area contributed by atoms with Crippen molar-refractivity contribution in [2.45, 2.75) is 23.8 Å². The largest absolute Gasteiger partial charge is 0.359 e. The highest BCUT2D eigenvalue weighted by molar-refractivity contribution is 7.93. The fourth-order valence-corrected chi connectivity index (χ4v) is 5.94. The van der Waals surface area contributed by atoms with Crippen molar-refractivity contribution in [1.82, 2.24) is 4.98 Å². The van der Waals surface area contributed by atoms with Crippen LogP contribution in [0.4, 0.5) is 16.5 Å². The number of nitrogens with zero attached hydrogens (tertiary/aromatic N) is 3. The summed E-state index contributed by atoms with van der Waals surface area (Å²) < 4.78 is 27.5. The van der Waals surface area contributed by atoms with Crippen molar-refractivity contribution in [2.75, 3.05) is 27.6 Å². The maximum Gasteiger partial charge on any atom is 0.263 e. The van der Waals surface area contributed by atoms with Crippen LogP contribution in [0.3, 0.4) is 0 Å². The number of amides is 1. The maximum atomic E-state index is 13.1. The van der Waals surface area contributed by atoms with Crippen LogP contribution in [-0.4, -0.2) is 38.4 Å².